The van der Waals surface area contributed by atoms with Crippen LogP contribution in [0.25, 0.3) is 11.8 Å². The molecule has 1 aliphatic rings. The highest BCUT2D eigenvalue weighted by molar-refractivity contribution is 14.1. The van der Waals surface area contributed by atoms with Gasteiger partial charge in [-0.1, -0.05) is 6.07 Å². The molecular formula is C22H17IN4O3. The summed E-state index contributed by atoms with van der Waals surface area (Å²) in [4.78, 5) is 42.6. The number of halogens is 1. The maximum atomic E-state index is 13.0. The lowest BCUT2D eigenvalue weighted by Crippen LogP contribution is -2.54. The van der Waals surface area contributed by atoms with Crippen molar-refractivity contribution in [2.24, 2.45) is 0 Å². The van der Waals surface area contributed by atoms with Gasteiger partial charge in [-0.25, -0.2) is 9.69 Å². The number of anilines is 1. The number of nitrogens with zero attached hydrogens (tertiary/aromatic N) is 3. The van der Waals surface area contributed by atoms with E-state index in [9.17, 15) is 14.4 Å². The Labute approximate surface area is 186 Å². The summed E-state index contributed by atoms with van der Waals surface area (Å²) in [5.41, 5.74) is 3.81. The maximum Gasteiger partial charge on any atom is 0.335 e. The lowest BCUT2D eigenvalue weighted by Gasteiger charge is -2.26. The van der Waals surface area contributed by atoms with Gasteiger partial charge in [-0.15, -0.1) is 0 Å². The second-order valence-electron chi connectivity index (χ2n) is 6.81. The average molecular weight is 512 g/mol. The fourth-order valence-corrected chi connectivity index (χ4v) is 4.01. The molecule has 0 bridgehead atoms. The lowest BCUT2D eigenvalue weighted by molar-refractivity contribution is -0.122. The molecule has 0 spiro atoms. The van der Waals surface area contributed by atoms with Crippen LogP contribution >= 0.6 is 22.6 Å². The first kappa shape index (κ1) is 20.0. The standard InChI is InChI=1S/C22H17IN4O3/c1-13-10-15(14(2)26(13)18-5-3-4-16(23)12-18)11-19-20(28)25-22(30)27(21(19)29)17-6-8-24-9-7-17/h3-12H,1-2H3,(H,25,28,30)/b19-11+. The largest absolute Gasteiger partial charge is 0.335 e. The Balaban J connectivity index is 1.77. The molecule has 7 nitrogen and oxygen atoms in total. The molecule has 3 aromatic rings. The number of aromatic nitrogens is 2. The Morgan fingerprint density at radius 1 is 1.00 bits per heavy atom. The van der Waals surface area contributed by atoms with Crippen molar-refractivity contribution in [3.63, 3.8) is 0 Å². The summed E-state index contributed by atoms with van der Waals surface area (Å²) in [7, 11) is 0. The number of nitrogens with one attached hydrogen (secondary N) is 1. The number of carbonyl (C=O) groups excluding carboxylic acids is 3. The van der Waals surface area contributed by atoms with E-state index < -0.39 is 17.8 Å². The summed E-state index contributed by atoms with van der Waals surface area (Å²) in [6.07, 6.45) is 4.49. The van der Waals surface area contributed by atoms with Crippen LogP contribution in [0, 0.1) is 17.4 Å². The second kappa shape index (κ2) is 7.86. The van der Waals surface area contributed by atoms with Crippen LogP contribution in [0.3, 0.4) is 0 Å². The molecule has 0 saturated carbocycles. The number of imide groups is 2. The number of carbonyl (C=O) groups is 3. The number of urea groups is 1. The minimum atomic E-state index is -0.780. The Morgan fingerprint density at radius 3 is 2.43 bits per heavy atom. The quantitative estimate of drug-likeness (QED) is 0.329. The zero-order valence-corrected chi connectivity index (χ0v) is 18.4. The van der Waals surface area contributed by atoms with Crippen molar-refractivity contribution in [1.29, 1.82) is 0 Å². The highest BCUT2D eigenvalue weighted by Gasteiger charge is 2.37. The molecule has 1 N–H and O–H groups in total. The van der Waals surface area contributed by atoms with E-state index in [4.69, 9.17) is 0 Å². The van der Waals surface area contributed by atoms with Crippen LogP contribution < -0.4 is 10.2 Å². The zero-order chi connectivity index (χ0) is 21.4. The van der Waals surface area contributed by atoms with Crippen LogP contribution in [0.5, 0.6) is 0 Å². The maximum absolute atomic E-state index is 13.0. The summed E-state index contributed by atoms with van der Waals surface area (Å²) < 4.78 is 3.16. The first-order chi connectivity index (χ1) is 14.4. The fraction of sp³-hybridized carbons (Fsp3) is 0.0909. The number of aryl methyl sites for hydroxylation is 1. The fourth-order valence-electron chi connectivity index (χ4n) is 3.49. The van der Waals surface area contributed by atoms with E-state index in [0.29, 0.717) is 5.69 Å². The first-order valence-corrected chi connectivity index (χ1v) is 10.2. The molecule has 3 heterocycles. The van der Waals surface area contributed by atoms with Crippen LogP contribution in [0.2, 0.25) is 0 Å². The summed E-state index contributed by atoms with van der Waals surface area (Å²) in [5, 5.41) is 2.24. The third-order valence-corrected chi connectivity index (χ3v) is 5.53. The van der Waals surface area contributed by atoms with Gasteiger partial charge in [0.15, 0.2) is 0 Å². The molecular weight excluding hydrogens is 495 g/mol. The summed E-state index contributed by atoms with van der Waals surface area (Å²) >= 11 is 2.26. The molecule has 1 fully saturated rings. The highest BCUT2D eigenvalue weighted by Crippen LogP contribution is 2.26. The smallest absolute Gasteiger partial charge is 0.318 e. The minimum absolute atomic E-state index is 0.102. The van der Waals surface area contributed by atoms with Crippen molar-refractivity contribution in [1.82, 2.24) is 14.9 Å². The van der Waals surface area contributed by atoms with Crippen molar-refractivity contribution in [2.45, 2.75) is 13.8 Å². The van der Waals surface area contributed by atoms with Crippen molar-refractivity contribution in [3.05, 3.63) is 81.0 Å². The van der Waals surface area contributed by atoms with Crippen molar-refractivity contribution in [3.8, 4) is 5.69 Å². The van der Waals surface area contributed by atoms with Crippen LogP contribution in [-0.2, 0) is 9.59 Å². The van der Waals surface area contributed by atoms with Crippen molar-refractivity contribution >= 4 is 52.2 Å². The predicted octanol–water partition coefficient (Wildman–Crippen LogP) is 3.76. The SMILES string of the molecule is Cc1cc(/C=C2\C(=O)NC(=O)N(c3ccncc3)C2=O)c(C)n1-c1cccc(I)c1. The van der Waals surface area contributed by atoms with Crippen LogP contribution in [0.15, 0.2) is 60.4 Å². The molecule has 0 unspecified atom stereocenters. The van der Waals surface area contributed by atoms with Crippen LogP contribution in [0.1, 0.15) is 17.0 Å². The monoisotopic (exact) mass is 512 g/mol. The molecule has 2 aromatic heterocycles. The molecule has 150 valence electrons. The van der Waals surface area contributed by atoms with Gasteiger partial charge in [-0.3, -0.25) is 19.9 Å². The van der Waals surface area contributed by atoms with E-state index in [0.717, 1.165) is 31.1 Å². The van der Waals surface area contributed by atoms with E-state index in [2.05, 4.69) is 43.5 Å². The van der Waals surface area contributed by atoms with Crippen molar-refractivity contribution < 1.29 is 14.4 Å². The number of hydrogen-bond donors (Lipinski definition) is 1. The molecule has 1 aliphatic heterocycles. The molecule has 8 heteroatoms. The Morgan fingerprint density at radius 2 is 1.73 bits per heavy atom. The lowest BCUT2D eigenvalue weighted by atomic mass is 10.1. The molecule has 0 aliphatic carbocycles. The molecule has 1 aromatic carbocycles. The van der Waals surface area contributed by atoms with E-state index in [1.54, 1.807) is 0 Å². The van der Waals surface area contributed by atoms with Gasteiger partial charge in [0, 0.05) is 33.0 Å². The van der Waals surface area contributed by atoms with E-state index in [1.165, 1.54) is 30.6 Å². The minimum Gasteiger partial charge on any atom is -0.318 e. The summed E-state index contributed by atoms with van der Waals surface area (Å²) in [6, 6.07) is 12.2. The number of hydrogen-bond acceptors (Lipinski definition) is 4. The molecule has 0 radical (unpaired) electrons. The van der Waals surface area contributed by atoms with Gasteiger partial charge in [0.05, 0.1) is 5.69 Å². The number of rotatable bonds is 3. The molecule has 0 atom stereocenters. The van der Waals surface area contributed by atoms with E-state index >= 15 is 0 Å². The average Bonchev–Trinajstić information content (AvgIpc) is 2.99. The Kier molecular flexibility index (Phi) is 5.25. The molecule has 1 saturated heterocycles. The van der Waals surface area contributed by atoms with Gasteiger partial charge in [0.2, 0.25) is 0 Å². The summed E-state index contributed by atoms with van der Waals surface area (Å²) in [6.45, 7) is 3.89. The number of barbiturate groups is 1. The molecule has 4 amide bonds. The summed E-state index contributed by atoms with van der Waals surface area (Å²) in [5.74, 6) is -1.39. The molecule has 4 rings (SSSR count). The van der Waals surface area contributed by atoms with Crippen LogP contribution in [0.4, 0.5) is 10.5 Å². The number of pyridine rings is 1. The normalized spacial score (nSPS) is 15.6. The van der Waals surface area contributed by atoms with Gasteiger partial charge in [-0.2, -0.15) is 0 Å². The van der Waals surface area contributed by atoms with Gasteiger partial charge in [0.1, 0.15) is 5.57 Å². The highest BCUT2D eigenvalue weighted by atomic mass is 127. The third kappa shape index (κ3) is 3.54. The topological polar surface area (TPSA) is 84.3 Å². The number of amides is 4. The van der Waals surface area contributed by atoms with E-state index in [1.807, 2.05) is 38.1 Å². The van der Waals surface area contributed by atoms with Crippen molar-refractivity contribution in [2.75, 3.05) is 4.90 Å². The first-order valence-electron chi connectivity index (χ1n) is 9.13. The van der Waals surface area contributed by atoms with Gasteiger partial charge < -0.3 is 4.57 Å². The Hall–Kier alpha value is -3.27. The second-order valence-corrected chi connectivity index (χ2v) is 8.05. The molecule has 30 heavy (non-hydrogen) atoms. The van der Waals surface area contributed by atoms with E-state index in [-0.39, 0.29) is 5.57 Å². The van der Waals surface area contributed by atoms with Gasteiger partial charge >= 0.3 is 6.03 Å². The van der Waals surface area contributed by atoms with Gasteiger partial charge in [0.25, 0.3) is 11.8 Å². The zero-order valence-electron chi connectivity index (χ0n) is 16.2. The van der Waals surface area contributed by atoms with Gasteiger partial charge in [-0.05, 0) is 84.5 Å². The number of benzene rings is 1. The Bertz CT molecular complexity index is 1210. The van der Waals surface area contributed by atoms with Crippen LogP contribution in [-0.4, -0.2) is 27.4 Å². The predicted molar refractivity (Wildman–Crippen MR) is 121 cm³/mol. The third-order valence-electron chi connectivity index (χ3n) is 4.86.